The van der Waals surface area contributed by atoms with Gasteiger partial charge in [0, 0.05) is 13.1 Å². The predicted octanol–water partition coefficient (Wildman–Crippen LogP) is 2.39. The molecule has 1 aliphatic rings. The Balaban J connectivity index is 1.94. The summed E-state index contributed by atoms with van der Waals surface area (Å²) in [5.74, 6) is 0.901. The van der Waals surface area contributed by atoms with Gasteiger partial charge >= 0.3 is 0 Å². The Morgan fingerprint density at radius 2 is 1.72 bits per heavy atom. The Bertz CT molecular complexity index is 372. The van der Waals surface area contributed by atoms with Crippen LogP contribution in [0.4, 0.5) is 0 Å². The van der Waals surface area contributed by atoms with Crippen molar-refractivity contribution in [1.29, 1.82) is 0 Å². The number of hydrogen-bond acceptors (Lipinski definition) is 3. The van der Waals surface area contributed by atoms with Gasteiger partial charge in [0.15, 0.2) is 0 Å². The maximum Gasteiger partial charge on any atom is 0.119 e. The second-order valence-electron chi connectivity index (χ2n) is 5.70. The van der Waals surface area contributed by atoms with Gasteiger partial charge in [0.2, 0.25) is 0 Å². The minimum absolute atomic E-state index is 0.328. The maximum atomic E-state index is 9.88. The second-order valence-corrected chi connectivity index (χ2v) is 5.70. The van der Waals surface area contributed by atoms with Crippen LogP contribution in [0.15, 0.2) is 24.3 Å². The van der Waals surface area contributed by atoms with Crippen molar-refractivity contribution in [2.24, 2.45) is 0 Å². The quantitative estimate of drug-likeness (QED) is 0.893. The molecule has 3 heteroatoms. The normalized spacial score (nSPS) is 18.9. The van der Waals surface area contributed by atoms with E-state index >= 15 is 0 Å². The third-order valence-electron chi connectivity index (χ3n) is 3.53. The van der Waals surface area contributed by atoms with E-state index in [0.29, 0.717) is 6.10 Å². The van der Waals surface area contributed by atoms with Gasteiger partial charge in [-0.2, -0.15) is 0 Å². The summed E-state index contributed by atoms with van der Waals surface area (Å²) in [4.78, 5) is 2.33. The number of piperidine rings is 1. The molecule has 0 unspecified atom stereocenters. The lowest BCUT2D eigenvalue weighted by molar-refractivity contribution is 0.0783. The van der Waals surface area contributed by atoms with Crippen LogP contribution in [-0.2, 0) is 5.60 Å². The Kier molecular flexibility index (Phi) is 3.93. The van der Waals surface area contributed by atoms with Crippen LogP contribution >= 0.6 is 0 Å². The van der Waals surface area contributed by atoms with Gasteiger partial charge in [0.1, 0.15) is 11.9 Å². The second kappa shape index (κ2) is 5.29. The van der Waals surface area contributed by atoms with Crippen molar-refractivity contribution in [1.82, 2.24) is 4.90 Å². The molecule has 1 fully saturated rings. The van der Waals surface area contributed by atoms with E-state index < -0.39 is 5.60 Å². The fourth-order valence-electron chi connectivity index (χ4n) is 2.24. The summed E-state index contributed by atoms with van der Waals surface area (Å²) >= 11 is 0. The first-order valence-corrected chi connectivity index (χ1v) is 6.63. The SMILES string of the molecule is CN1CCC(Oc2ccc(C(C)(C)O)cc2)CC1. The molecule has 0 atom stereocenters. The van der Waals surface area contributed by atoms with Gasteiger partial charge in [-0.15, -0.1) is 0 Å². The Hall–Kier alpha value is -1.06. The van der Waals surface area contributed by atoms with E-state index in [-0.39, 0.29) is 0 Å². The molecule has 100 valence electrons. The third kappa shape index (κ3) is 3.47. The molecule has 0 radical (unpaired) electrons. The first-order valence-electron chi connectivity index (χ1n) is 6.63. The average molecular weight is 249 g/mol. The zero-order valence-corrected chi connectivity index (χ0v) is 11.5. The number of rotatable bonds is 3. The number of nitrogens with zero attached hydrogens (tertiary/aromatic N) is 1. The molecular weight excluding hydrogens is 226 g/mol. The third-order valence-corrected chi connectivity index (χ3v) is 3.53. The Morgan fingerprint density at radius 3 is 2.22 bits per heavy atom. The van der Waals surface area contributed by atoms with Gasteiger partial charge in [-0.1, -0.05) is 12.1 Å². The molecule has 2 rings (SSSR count). The molecule has 18 heavy (non-hydrogen) atoms. The summed E-state index contributed by atoms with van der Waals surface area (Å²) in [6.07, 6.45) is 2.50. The van der Waals surface area contributed by atoms with E-state index in [2.05, 4.69) is 11.9 Å². The molecular formula is C15H23NO2. The highest BCUT2D eigenvalue weighted by atomic mass is 16.5. The number of hydrogen-bond donors (Lipinski definition) is 1. The molecule has 0 bridgehead atoms. The van der Waals surface area contributed by atoms with Crippen LogP contribution in [0.1, 0.15) is 32.3 Å². The van der Waals surface area contributed by atoms with Crippen molar-refractivity contribution in [3.05, 3.63) is 29.8 Å². The Labute approximate surface area is 109 Å². The fraction of sp³-hybridized carbons (Fsp3) is 0.600. The van der Waals surface area contributed by atoms with E-state index in [4.69, 9.17) is 4.74 Å². The van der Waals surface area contributed by atoms with E-state index in [9.17, 15) is 5.11 Å². The molecule has 1 saturated heterocycles. The summed E-state index contributed by atoms with van der Waals surface area (Å²) in [5, 5.41) is 9.88. The minimum Gasteiger partial charge on any atom is -0.490 e. The van der Waals surface area contributed by atoms with Gasteiger partial charge in [0.25, 0.3) is 0 Å². The van der Waals surface area contributed by atoms with Crippen molar-refractivity contribution in [2.45, 2.75) is 38.4 Å². The van der Waals surface area contributed by atoms with Gasteiger partial charge in [-0.25, -0.2) is 0 Å². The number of likely N-dealkylation sites (tertiary alicyclic amines) is 1. The van der Waals surface area contributed by atoms with Crippen LogP contribution in [0, 0.1) is 0 Å². The molecule has 1 aliphatic heterocycles. The molecule has 3 nitrogen and oxygen atoms in total. The van der Waals surface area contributed by atoms with Crippen molar-refractivity contribution < 1.29 is 9.84 Å². The molecule has 0 amide bonds. The zero-order chi connectivity index (χ0) is 13.2. The monoisotopic (exact) mass is 249 g/mol. The van der Waals surface area contributed by atoms with Crippen LogP contribution in [0.2, 0.25) is 0 Å². The molecule has 1 heterocycles. The van der Waals surface area contributed by atoms with Crippen LogP contribution in [0.5, 0.6) is 5.75 Å². The minimum atomic E-state index is -0.786. The highest BCUT2D eigenvalue weighted by Crippen LogP contribution is 2.24. The number of aliphatic hydroxyl groups is 1. The van der Waals surface area contributed by atoms with Crippen molar-refractivity contribution in [2.75, 3.05) is 20.1 Å². The van der Waals surface area contributed by atoms with Gasteiger partial charge in [-0.3, -0.25) is 0 Å². The van der Waals surface area contributed by atoms with Crippen molar-refractivity contribution >= 4 is 0 Å². The summed E-state index contributed by atoms with van der Waals surface area (Å²) in [5.41, 5.74) is 0.129. The van der Waals surface area contributed by atoms with Crippen LogP contribution in [-0.4, -0.2) is 36.2 Å². The summed E-state index contributed by atoms with van der Waals surface area (Å²) in [7, 11) is 2.15. The first-order chi connectivity index (χ1) is 8.45. The zero-order valence-electron chi connectivity index (χ0n) is 11.5. The highest BCUT2D eigenvalue weighted by molar-refractivity contribution is 5.30. The standard InChI is InChI=1S/C15H23NO2/c1-15(2,17)12-4-6-13(7-5-12)18-14-8-10-16(3)11-9-14/h4-7,14,17H,8-11H2,1-3H3. The van der Waals surface area contributed by atoms with Gasteiger partial charge in [0.05, 0.1) is 5.60 Å². The fourth-order valence-corrected chi connectivity index (χ4v) is 2.24. The number of benzene rings is 1. The van der Waals surface area contributed by atoms with E-state index in [1.54, 1.807) is 13.8 Å². The van der Waals surface area contributed by atoms with E-state index in [1.165, 1.54) is 0 Å². The molecule has 0 saturated carbocycles. The predicted molar refractivity (Wildman–Crippen MR) is 72.8 cm³/mol. The van der Waals surface area contributed by atoms with Crippen molar-refractivity contribution in [3.8, 4) is 5.75 Å². The molecule has 0 aromatic heterocycles. The average Bonchev–Trinajstić information content (AvgIpc) is 2.32. The summed E-state index contributed by atoms with van der Waals surface area (Å²) in [6, 6.07) is 7.77. The molecule has 1 aromatic carbocycles. The highest BCUT2D eigenvalue weighted by Gasteiger charge is 2.19. The topological polar surface area (TPSA) is 32.7 Å². The lowest BCUT2D eigenvalue weighted by atomic mass is 9.98. The van der Waals surface area contributed by atoms with Crippen LogP contribution < -0.4 is 4.74 Å². The Morgan fingerprint density at radius 1 is 1.17 bits per heavy atom. The molecule has 1 N–H and O–H groups in total. The molecule has 1 aromatic rings. The van der Waals surface area contributed by atoms with Gasteiger partial charge in [-0.05, 0) is 51.4 Å². The maximum absolute atomic E-state index is 9.88. The lowest BCUT2D eigenvalue weighted by Gasteiger charge is -2.29. The van der Waals surface area contributed by atoms with Crippen LogP contribution in [0.3, 0.4) is 0 Å². The number of ether oxygens (including phenoxy) is 1. The summed E-state index contributed by atoms with van der Waals surface area (Å²) < 4.78 is 5.96. The lowest BCUT2D eigenvalue weighted by Crippen LogP contribution is -2.35. The largest absolute Gasteiger partial charge is 0.490 e. The first kappa shape index (κ1) is 13.4. The van der Waals surface area contributed by atoms with E-state index in [0.717, 1.165) is 37.2 Å². The summed E-state index contributed by atoms with van der Waals surface area (Å²) in [6.45, 7) is 5.79. The molecule has 0 spiro atoms. The smallest absolute Gasteiger partial charge is 0.119 e. The molecule has 0 aliphatic carbocycles. The van der Waals surface area contributed by atoms with Crippen LogP contribution in [0.25, 0.3) is 0 Å². The van der Waals surface area contributed by atoms with Gasteiger partial charge < -0.3 is 14.7 Å². The van der Waals surface area contributed by atoms with E-state index in [1.807, 2.05) is 24.3 Å². The van der Waals surface area contributed by atoms with Crippen molar-refractivity contribution in [3.63, 3.8) is 0 Å².